The summed E-state index contributed by atoms with van der Waals surface area (Å²) in [7, 11) is 1.62. The molecule has 4 aromatic carbocycles. The lowest BCUT2D eigenvalue weighted by Gasteiger charge is -2.15. The summed E-state index contributed by atoms with van der Waals surface area (Å²) in [5.74, 6) is 0.737. The van der Waals surface area contributed by atoms with E-state index in [0.717, 1.165) is 50.2 Å². The first-order valence-electron chi connectivity index (χ1n) is 11.1. The molecule has 174 valence electrons. The van der Waals surface area contributed by atoms with Crippen LogP contribution in [0, 0.1) is 0 Å². The van der Waals surface area contributed by atoms with Gasteiger partial charge in [0.15, 0.2) is 0 Å². The number of fused-ring (bicyclic) bond motifs is 2. The molecule has 0 unspecified atom stereocenters. The second kappa shape index (κ2) is 9.87. The van der Waals surface area contributed by atoms with Crippen LogP contribution >= 0.6 is 12.2 Å². The molecule has 4 N–H and O–H groups in total. The van der Waals surface area contributed by atoms with Gasteiger partial charge in [-0.25, -0.2) is 4.98 Å². The number of para-hydroxylation sites is 2. The van der Waals surface area contributed by atoms with Crippen LogP contribution in [0.3, 0.4) is 0 Å². The van der Waals surface area contributed by atoms with Gasteiger partial charge < -0.3 is 25.8 Å². The highest BCUT2D eigenvalue weighted by Gasteiger charge is 2.10. The second-order valence-electron chi connectivity index (χ2n) is 8.04. The van der Waals surface area contributed by atoms with Crippen LogP contribution in [0.2, 0.25) is 0 Å². The fourth-order valence-corrected chi connectivity index (χ4v) is 4.17. The Balaban J connectivity index is 1.37. The van der Waals surface area contributed by atoms with Crippen molar-refractivity contribution < 1.29 is 9.47 Å². The van der Waals surface area contributed by atoms with E-state index in [4.69, 9.17) is 32.4 Å². The number of nitrogens with two attached hydrogens (primary N) is 1. The van der Waals surface area contributed by atoms with Crippen LogP contribution in [-0.4, -0.2) is 17.3 Å². The number of aromatic nitrogens is 1. The Labute approximate surface area is 208 Å². The van der Waals surface area contributed by atoms with Crippen molar-refractivity contribution in [3.8, 4) is 5.75 Å². The molecule has 6 nitrogen and oxygen atoms in total. The van der Waals surface area contributed by atoms with Crippen LogP contribution in [0.4, 0.5) is 22.7 Å². The highest BCUT2D eigenvalue weighted by atomic mass is 32.1. The number of hydrogen-bond donors (Lipinski definition) is 3. The number of nitrogen functional groups attached to an aromatic ring is 1. The van der Waals surface area contributed by atoms with E-state index < -0.39 is 0 Å². The summed E-state index contributed by atoms with van der Waals surface area (Å²) in [6, 6.07) is 29.5. The average Bonchev–Trinajstić information content (AvgIpc) is 2.87. The van der Waals surface area contributed by atoms with Crippen LogP contribution < -0.4 is 21.1 Å². The fraction of sp³-hybridized carbons (Fsp3) is 0.0714. The molecule has 7 heteroatoms. The van der Waals surface area contributed by atoms with Crippen molar-refractivity contribution in [2.75, 3.05) is 23.5 Å². The number of pyridine rings is 1. The van der Waals surface area contributed by atoms with Crippen LogP contribution in [0.1, 0.15) is 5.56 Å². The van der Waals surface area contributed by atoms with Crippen LogP contribution in [0.25, 0.3) is 21.8 Å². The molecule has 0 saturated heterocycles. The second-order valence-corrected chi connectivity index (χ2v) is 8.41. The Morgan fingerprint density at radius 3 is 2.29 bits per heavy atom. The molecule has 1 aromatic heterocycles. The van der Waals surface area contributed by atoms with Crippen molar-refractivity contribution in [2.45, 2.75) is 6.61 Å². The lowest BCUT2D eigenvalue weighted by molar-refractivity contribution is 0.300. The van der Waals surface area contributed by atoms with Gasteiger partial charge in [0.25, 0.3) is 5.17 Å². The van der Waals surface area contributed by atoms with Gasteiger partial charge in [0.2, 0.25) is 0 Å². The van der Waals surface area contributed by atoms with Gasteiger partial charge in [-0.3, -0.25) is 0 Å². The third kappa shape index (κ3) is 5.10. The first-order valence-corrected chi connectivity index (χ1v) is 11.5. The van der Waals surface area contributed by atoms with Crippen molar-refractivity contribution in [3.63, 3.8) is 0 Å². The van der Waals surface area contributed by atoms with Gasteiger partial charge in [0.05, 0.1) is 23.8 Å². The molecule has 35 heavy (non-hydrogen) atoms. The zero-order valence-corrected chi connectivity index (χ0v) is 19.9. The summed E-state index contributed by atoms with van der Waals surface area (Å²) >= 11 is 5.36. The maximum absolute atomic E-state index is 6.23. The minimum Gasteiger partial charge on any atom is -0.497 e. The number of benzene rings is 4. The number of nitrogens with zero attached hydrogens (tertiary/aromatic N) is 1. The van der Waals surface area contributed by atoms with Gasteiger partial charge >= 0.3 is 0 Å². The number of ether oxygens (including phenoxy) is 2. The maximum Gasteiger partial charge on any atom is 0.261 e. The molecule has 0 atom stereocenters. The number of anilines is 4. The van der Waals surface area contributed by atoms with E-state index in [1.165, 1.54) is 0 Å². The molecule has 0 saturated carbocycles. The Kier molecular flexibility index (Phi) is 6.32. The molecule has 0 bridgehead atoms. The highest BCUT2D eigenvalue weighted by Crippen LogP contribution is 2.33. The highest BCUT2D eigenvalue weighted by molar-refractivity contribution is 7.80. The summed E-state index contributed by atoms with van der Waals surface area (Å²) in [5.41, 5.74) is 12.2. The molecule has 1 heterocycles. The monoisotopic (exact) mass is 480 g/mol. The normalized spacial score (nSPS) is 10.8. The van der Waals surface area contributed by atoms with Gasteiger partial charge in [0.1, 0.15) is 12.4 Å². The van der Waals surface area contributed by atoms with Crippen molar-refractivity contribution in [1.29, 1.82) is 0 Å². The number of thiocarbonyl (C=S) groups is 1. The van der Waals surface area contributed by atoms with E-state index >= 15 is 0 Å². The minimum absolute atomic E-state index is 0.265. The van der Waals surface area contributed by atoms with Crippen molar-refractivity contribution in [1.82, 2.24) is 4.98 Å². The molecule has 0 aliphatic rings. The molecule has 5 aromatic rings. The van der Waals surface area contributed by atoms with Crippen LogP contribution in [-0.2, 0) is 11.3 Å². The van der Waals surface area contributed by atoms with E-state index in [0.29, 0.717) is 5.69 Å². The van der Waals surface area contributed by atoms with Gasteiger partial charge in [-0.1, -0.05) is 42.5 Å². The smallest absolute Gasteiger partial charge is 0.261 e. The molecule has 0 spiro atoms. The van der Waals surface area contributed by atoms with Gasteiger partial charge in [-0.15, -0.1) is 0 Å². The number of nitrogens with one attached hydrogen (secondary N) is 2. The molecule has 0 aliphatic carbocycles. The van der Waals surface area contributed by atoms with Crippen molar-refractivity contribution in [2.24, 2.45) is 0 Å². The average molecular weight is 481 g/mol. The lowest BCUT2D eigenvalue weighted by atomic mass is 10.1. The molecular formula is C28H24N4O2S. The van der Waals surface area contributed by atoms with E-state index in [1.807, 2.05) is 78.9 Å². The van der Waals surface area contributed by atoms with E-state index in [-0.39, 0.29) is 11.8 Å². The fourth-order valence-electron chi connectivity index (χ4n) is 4.00. The quantitative estimate of drug-likeness (QED) is 0.143. The van der Waals surface area contributed by atoms with Crippen molar-refractivity contribution in [3.05, 3.63) is 96.6 Å². The zero-order valence-electron chi connectivity index (χ0n) is 19.1. The summed E-state index contributed by atoms with van der Waals surface area (Å²) in [4.78, 5) is 4.80. The standard InChI is InChI=1S/C28H24N4O2S/c1-33-22-8-6-7-20(16-22)31-28(35)34-17-18-13-19(29)15-21(14-18)30-27-23-9-2-4-11-25(23)32-26-12-5-3-10-24(26)27/h2-16H,17,29H2,1H3,(H,30,32)(H,31,35). The lowest BCUT2D eigenvalue weighted by Crippen LogP contribution is -2.13. The topological polar surface area (TPSA) is 81.4 Å². The van der Waals surface area contributed by atoms with Gasteiger partial charge in [0, 0.05) is 33.9 Å². The SMILES string of the molecule is COc1cccc(NC(=S)OCc2cc(N)cc(Nc3c4ccccc4nc4ccccc34)c2)c1. The predicted molar refractivity (Wildman–Crippen MR) is 147 cm³/mol. The third-order valence-corrected chi connectivity index (χ3v) is 5.78. The summed E-state index contributed by atoms with van der Waals surface area (Å²) in [6.07, 6.45) is 0. The first kappa shape index (κ1) is 22.4. The third-order valence-electron chi connectivity index (χ3n) is 5.56. The first-order chi connectivity index (χ1) is 17.1. The molecular weight excluding hydrogens is 456 g/mol. The summed E-state index contributed by atoms with van der Waals surface area (Å²) < 4.78 is 11.0. The summed E-state index contributed by atoms with van der Waals surface area (Å²) in [6.45, 7) is 0.271. The largest absolute Gasteiger partial charge is 0.497 e. The van der Waals surface area contributed by atoms with Crippen LogP contribution in [0.5, 0.6) is 5.75 Å². The van der Waals surface area contributed by atoms with E-state index in [1.54, 1.807) is 7.11 Å². The minimum atomic E-state index is 0.265. The molecule has 0 amide bonds. The Hall–Kier alpha value is -4.36. The molecule has 0 fully saturated rings. The Morgan fingerprint density at radius 2 is 1.57 bits per heavy atom. The maximum atomic E-state index is 6.23. The Morgan fingerprint density at radius 1 is 0.857 bits per heavy atom. The van der Waals surface area contributed by atoms with Gasteiger partial charge in [-0.2, -0.15) is 0 Å². The molecule has 0 radical (unpaired) electrons. The predicted octanol–water partition coefficient (Wildman–Crippen LogP) is 6.64. The number of rotatable bonds is 6. The molecule has 5 rings (SSSR count). The summed E-state index contributed by atoms with van der Waals surface area (Å²) in [5, 5.41) is 8.98. The number of methoxy groups -OCH3 is 1. The molecule has 0 aliphatic heterocycles. The van der Waals surface area contributed by atoms with E-state index in [2.05, 4.69) is 22.8 Å². The zero-order chi connectivity index (χ0) is 24.2. The van der Waals surface area contributed by atoms with Crippen molar-refractivity contribution >= 4 is 61.9 Å². The Bertz CT molecular complexity index is 1480. The number of hydrogen-bond acceptors (Lipinski definition) is 6. The van der Waals surface area contributed by atoms with Crippen LogP contribution in [0.15, 0.2) is 91.0 Å². The van der Waals surface area contributed by atoms with E-state index in [9.17, 15) is 0 Å². The van der Waals surface area contributed by atoms with Gasteiger partial charge in [-0.05, 0) is 60.2 Å².